The molecule has 0 radical (unpaired) electrons. The van der Waals surface area contributed by atoms with Crippen molar-refractivity contribution < 1.29 is 14.3 Å². The van der Waals surface area contributed by atoms with E-state index in [1.807, 2.05) is 43.3 Å². The first-order valence-electron chi connectivity index (χ1n) is 8.29. The fourth-order valence-electron chi connectivity index (χ4n) is 2.68. The summed E-state index contributed by atoms with van der Waals surface area (Å²) in [5.74, 6) is 1.34. The Kier molecular flexibility index (Phi) is 4.89. The summed E-state index contributed by atoms with van der Waals surface area (Å²) in [6, 6.07) is 13.2. The van der Waals surface area contributed by atoms with Gasteiger partial charge in [0.2, 0.25) is 0 Å². The Labute approximate surface area is 142 Å². The Hall–Kier alpha value is -2.69. The van der Waals surface area contributed by atoms with Crippen LogP contribution in [0.15, 0.2) is 42.5 Å². The molecular weight excluding hydrogens is 304 g/mol. The van der Waals surface area contributed by atoms with Crippen LogP contribution in [-0.2, 0) is 0 Å². The first kappa shape index (κ1) is 16.2. The Morgan fingerprint density at radius 2 is 1.83 bits per heavy atom. The van der Waals surface area contributed by atoms with Gasteiger partial charge >= 0.3 is 0 Å². The molecule has 0 saturated carbocycles. The summed E-state index contributed by atoms with van der Waals surface area (Å²) in [5.41, 5.74) is 2.40. The molecule has 3 rings (SSSR count). The molecule has 24 heavy (non-hydrogen) atoms. The zero-order valence-corrected chi connectivity index (χ0v) is 14.0. The van der Waals surface area contributed by atoms with Crippen LogP contribution in [0.2, 0.25) is 0 Å². The van der Waals surface area contributed by atoms with Gasteiger partial charge in [-0.15, -0.1) is 0 Å². The van der Waals surface area contributed by atoms with Crippen molar-refractivity contribution in [3.05, 3.63) is 53.6 Å². The van der Waals surface area contributed by atoms with Crippen molar-refractivity contribution in [1.82, 2.24) is 5.32 Å². The highest BCUT2D eigenvalue weighted by atomic mass is 16.5. The first-order valence-corrected chi connectivity index (χ1v) is 8.29. The molecule has 2 aromatic carbocycles. The fourth-order valence-corrected chi connectivity index (χ4v) is 2.68. The van der Waals surface area contributed by atoms with Crippen LogP contribution >= 0.6 is 0 Å². The van der Waals surface area contributed by atoms with E-state index < -0.39 is 0 Å². The molecular formula is C19H22N2O3. The molecule has 1 aliphatic heterocycles. The lowest BCUT2D eigenvalue weighted by molar-refractivity contribution is 0.0935. The normalized spacial score (nSPS) is 15.9. The van der Waals surface area contributed by atoms with Crippen LogP contribution in [-0.4, -0.2) is 19.1 Å². The Balaban J connectivity index is 1.87. The molecule has 1 amide bonds. The number of fused-ring (bicyclic) bond motifs is 1. The summed E-state index contributed by atoms with van der Waals surface area (Å²) in [4.78, 5) is 12.3. The van der Waals surface area contributed by atoms with Gasteiger partial charge in [0.15, 0.2) is 11.5 Å². The van der Waals surface area contributed by atoms with E-state index in [1.165, 1.54) is 0 Å². The van der Waals surface area contributed by atoms with E-state index in [-0.39, 0.29) is 12.1 Å². The smallest absolute Gasteiger partial charge is 0.255 e. The summed E-state index contributed by atoms with van der Waals surface area (Å²) in [6.07, 6.45) is 0.636. The summed E-state index contributed by atoms with van der Waals surface area (Å²) in [5, 5.41) is 6.32. The minimum atomic E-state index is -0.299. The van der Waals surface area contributed by atoms with Gasteiger partial charge < -0.3 is 20.1 Å². The van der Waals surface area contributed by atoms with Crippen molar-refractivity contribution in [3.8, 4) is 11.5 Å². The maximum atomic E-state index is 12.3. The van der Waals surface area contributed by atoms with Crippen LogP contribution in [0.3, 0.4) is 0 Å². The quantitative estimate of drug-likeness (QED) is 0.849. The molecule has 1 aliphatic rings. The number of carbonyl (C=O) groups excluding carboxylic acids is 1. The number of hydrogen-bond donors (Lipinski definition) is 2. The highest BCUT2D eigenvalue weighted by molar-refractivity contribution is 6.01. The van der Waals surface area contributed by atoms with E-state index in [0.29, 0.717) is 24.5 Å². The van der Waals surface area contributed by atoms with Crippen molar-refractivity contribution in [1.29, 1.82) is 0 Å². The maximum Gasteiger partial charge on any atom is 0.255 e. The van der Waals surface area contributed by atoms with E-state index in [1.54, 1.807) is 6.07 Å². The van der Waals surface area contributed by atoms with Crippen molar-refractivity contribution in [2.75, 3.05) is 18.5 Å². The number of para-hydroxylation sites is 1. The third-order valence-corrected chi connectivity index (χ3v) is 3.81. The molecule has 0 aromatic heterocycles. The fraction of sp³-hybridized carbons (Fsp3) is 0.316. The van der Waals surface area contributed by atoms with E-state index >= 15 is 0 Å². The average Bonchev–Trinajstić information content (AvgIpc) is 2.61. The zero-order valence-electron chi connectivity index (χ0n) is 14.0. The average molecular weight is 326 g/mol. The van der Waals surface area contributed by atoms with Gasteiger partial charge in [-0.05, 0) is 43.2 Å². The summed E-state index contributed by atoms with van der Waals surface area (Å²) >= 11 is 0. The van der Waals surface area contributed by atoms with Crippen LogP contribution in [0.5, 0.6) is 11.5 Å². The predicted molar refractivity (Wildman–Crippen MR) is 93.7 cm³/mol. The molecule has 0 spiro atoms. The second kappa shape index (κ2) is 7.25. The Morgan fingerprint density at radius 1 is 1.00 bits per heavy atom. The lowest BCUT2D eigenvalue weighted by Gasteiger charge is -2.28. The molecule has 1 heterocycles. The van der Waals surface area contributed by atoms with Crippen LogP contribution in [0.1, 0.15) is 42.4 Å². The van der Waals surface area contributed by atoms with Crippen molar-refractivity contribution in [3.63, 3.8) is 0 Å². The monoisotopic (exact) mass is 326 g/mol. The summed E-state index contributed by atoms with van der Waals surface area (Å²) < 4.78 is 11.4. The molecule has 0 bridgehead atoms. The zero-order chi connectivity index (χ0) is 16.9. The van der Waals surface area contributed by atoms with Crippen molar-refractivity contribution in [2.45, 2.75) is 26.4 Å². The molecule has 2 aromatic rings. The van der Waals surface area contributed by atoms with Crippen molar-refractivity contribution >= 4 is 11.6 Å². The molecule has 126 valence electrons. The lowest BCUT2D eigenvalue weighted by Crippen LogP contribution is -2.38. The molecule has 0 aliphatic carbocycles. The van der Waals surface area contributed by atoms with Gasteiger partial charge in [0.25, 0.3) is 5.91 Å². The second-order valence-electron chi connectivity index (χ2n) is 5.58. The van der Waals surface area contributed by atoms with Crippen LogP contribution in [0.25, 0.3) is 0 Å². The molecule has 5 nitrogen and oxygen atoms in total. The standard InChI is InChI=1S/C19H22N2O3/c1-3-11-24-16-10-9-13(12-17(16)23-4-2)18-20-15-8-6-5-7-14(15)19(22)21-18/h5-10,12,18,20H,3-4,11H2,1-2H3,(H,21,22)/t18-/m0/s1. The third-order valence-electron chi connectivity index (χ3n) is 3.81. The molecule has 0 saturated heterocycles. The summed E-state index contributed by atoms with van der Waals surface area (Å²) in [7, 11) is 0. The van der Waals surface area contributed by atoms with E-state index in [2.05, 4.69) is 17.6 Å². The molecule has 1 atom stereocenters. The van der Waals surface area contributed by atoms with Gasteiger partial charge in [0.05, 0.1) is 18.8 Å². The minimum absolute atomic E-state index is 0.0846. The van der Waals surface area contributed by atoms with Gasteiger partial charge in [-0.25, -0.2) is 0 Å². The molecule has 2 N–H and O–H groups in total. The first-order chi connectivity index (χ1) is 11.7. The van der Waals surface area contributed by atoms with Gasteiger partial charge in [0.1, 0.15) is 6.17 Å². The highest BCUT2D eigenvalue weighted by Crippen LogP contribution is 2.33. The van der Waals surface area contributed by atoms with Crippen LogP contribution in [0, 0.1) is 0 Å². The number of carbonyl (C=O) groups is 1. The summed E-state index contributed by atoms with van der Waals surface area (Å²) in [6.45, 7) is 5.20. The highest BCUT2D eigenvalue weighted by Gasteiger charge is 2.24. The molecule has 0 fully saturated rings. The second-order valence-corrected chi connectivity index (χ2v) is 5.58. The largest absolute Gasteiger partial charge is 0.490 e. The van der Waals surface area contributed by atoms with E-state index in [4.69, 9.17) is 9.47 Å². The number of anilines is 1. The van der Waals surface area contributed by atoms with Gasteiger partial charge in [0, 0.05) is 5.69 Å². The number of amides is 1. The van der Waals surface area contributed by atoms with Crippen LogP contribution in [0.4, 0.5) is 5.69 Å². The van der Waals surface area contributed by atoms with Crippen LogP contribution < -0.4 is 20.1 Å². The van der Waals surface area contributed by atoms with Crippen molar-refractivity contribution in [2.24, 2.45) is 0 Å². The Morgan fingerprint density at radius 3 is 2.62 bits per heavy atom. The lowest BCUT2D eigenvalue weighted by atomic mass is 10.1. The number of benzene rings is 2. The maximum absolute atomic E-state index is 12.3. The Bertz CT molecular complexity index is 730. The minimum Gasteiger partial charge on any atom is -0.490 e. The number of ether oxygens (including phenoxy) is 2. The van der Waals surface area contributed by atoms with E-state index in [9.17, 15) is 4.79 Å². The topological polar surface area (TPSA) is 59.6 Å². The number of hydrogen-bond acceptors (Lipinski definition) is 4. The molecule has 5 heteroatoms. The number of nitrogens with one attached hydrogen (secondary N) is 2. The van der Waals surface area contributed by atoms with Gasteiger partial charge in [-0.1, -0.05) is 25.1 Å². The molecule has 0 unspecified atom stereocenters. The van der Waals surface area contributed by atoms with Gasteiger partial charge in [-0.3, -0.25) is 4.79 Å². The predicted octanol–water partition coefficient (Wildman–Crippen LogP) is 3.73. The SMILES string of the molecule is CCCOc1ccc([C@@H]2NC(=O)c3ccccc3N2)cc1OCC. The van der Waals surface area contributed by atoms with Gasteiger partial charge in [-0.2, -0.15) is 0 Å². The van der Waals surface area contributed by atoms with E-state index in [0.717, 1.165) is 23.4 Å². The number of rotatable bonds is 6. The third kappa shape index (κ3) is 3.30.